The number of rotatable bonds is 2. The fourth-order valence-corrected chi connectivity index (χ4v) is 7.08. The number of fused-ring (bicyclic) bond motifs is 5. The van der Waals surface area contributed by atoms with E-state index in [0.717, 1.165) is 18.4 Å². The van der Waals surface area contributed by atoms with E-state index in [9.17, 15) is 24.6 Å². The Labute approximate surface area is 159 Å². The molecule has 7 atom stereocenters. The van der Waals surface area contributed by atoms with E-state index >= 15 is 0 Å². The highest BCUT2D eigenvalue weighted by molar-refractivity contribution is 6.02. The number of carbonyl (C=O) groups excluding carboxylic acids is 3. The van der Waals surface area contributed by atoms with Crippen LogP contribution in [0.1, 0.15) is 46.5 Å². The van der Waals surface area contributed by atoms with Gasteiger partial charge in [0.15, 0.2) is 11.6 Å². The van der Waals surface area contributed by atoms with Crippen molar-refractivity contribution in [3.8, 4) is 0 Å². The van der Waals surface area contributed by atoms with Gasteiger partial charge in [0.2, 0.25) is 0 Å². The second-order valence-corrected chi connectivity index (χ2v) is 9.52. The van der Waals surface area contributed by atoms with E-state index in [4.69, 9.17) is 0 Å². The summed E-state index contributed by atoms with van der Waals surface area (Å²) >= 11 is 0. The van der Waals surface area contributed by atoms with Gasteiger partial charge < -0.3 is 10.2 Å². The van der Waals surface area contributed by atoms with Gasteiger partial charge in [0.25, 0.3) is 0 Å². The Kier molecular flexibility index (Phi) is 3.97. The maximum Gasteiger partial charge on any atom is 0.190 e. The van der Waals surface area contributed by atoms with Crippen LogP contribution in [0.15, 0.2) is 23.8 Å². The molecule has 4 aliphatic rings. The SMILES string of the molecule is C[C@@H]1C[C@@H]2[C@H]3CCC4=CC(=O)C=C[C@]4(C)[C@@H]3C(=O)C[C@@]2(C)[C@]1(O)C(=O)CO. The highest BCUT2D eigenvalue weighted by Gasteiger charge is 2.70. The average Bonchev–Trinajstić information content (AvgIpc) is 2.82. The molecular formula is C22H28O5. The quantitative estimate of drug-likeness (QED) is 0.774. The molecule has 0 heterocycles. The third-order valence-electron chi connectivity index (χ3n) is 8.41. The molecule has 0 aromatic rings. The molecule has 2 N–H and O–H groups in total. The number of aliphatic hydroxyl groups excluding tert-OH is 1. The van der Waals surface area contributed by atoms with Crippen LogP contribution in [-0.4, -0.2) is 39.8 Å². The smallest absolute Gasteiger partial charge is 0.190 e. The predicted octanol–water partition coefficient (Wildman–Crippen LogP) is 2.01. The number of carbonyl (C=O) groups is 3. The van der Waals surface area contributed by atoms with E-state index < -0.39 is 28.8 Å². The molecule has 0 radical (unpaired) electrons. The third-order valence-corrected chi connectivity index (χ3v) is 8.41. The zero-order valence-corrected chi connectivity index (χ0v) is 16.2. The minimum atomic E-state index is -1.66. The molecule has 5 nitrogen and oxygen atoms in total. The lowest BCUT2D eigenvalue weighted by Crippen LogP contribution is -2.61. The van der Waals surface area contributed by atoms with Gasteiger partial charge in [-0.2, -0.15) is 0 Å². The van der Waals surface area contributed by atoms with Gasteiger partial charge in [0.1, 0.15) is 18.0 Å². The van der Waals surface area contributed by atoms with Crippen molar-refractivity contribution >= 4 is 17.3 Å². The van der Waals surface area contributed by atoms with Crippen LogP contribution in [0, 0.1) is 34.5 Å². The van der Waals surface area contributed by atoms with Crippen LogP contribution in [0.25, 0.3) is 0 Å². The summed E-state index contributed by atoms with van der Waals surface area (Å²) in [7, 11) is 0. The summed E-state index contributed by atoms with van der Waals surface area (Å²) in [6, 6.07) is 0. The zero-order chi connectivity index (χ0) is 19.8. The Morgan fingerprint density at radius 3 is 2.67 bits per heavy atom. The maximum atomic E-state index is 13.4. The van der Waals surface area contributed by atoms with Crippen LogP contribution in [0.2, 0.25) is 0 Å². The molecule has 27 heavy (non-hydrogen) atoms. The second-order valence-electron chi connectivity index (χ2n) is 9.52. The first-order chi connectivity index (χ1) is 12.6. The third kappa shape index (κ3) is 2.16. The van der Waals surface area contributed by atoms with Crippen molar-refractivity contribution in [1.82, 2.24) is 0 Å². The van der Waals surface area contributed by atoms with Gasteiger partial charge in [-0.15, -0.1) is 0 Å². The van der Waals surface area contributed by atoms with Crippen molar-refractivity contribution in [3.63, 3.8) is 0 Å². The molecule has 3 fully saturated rings. The molecule has 146 valence electrons. The highest BCUT2D eigenvalue weighted by Crippen LogP contribution is 2.67. The first-order valence-electron chi connectivity index (χ1n) is 9.93. The minimum absolute atomic E-state index is 0.0218. The maximum absolute atomic E-state index is 13.4. The topological polar surface area (TPSA) is 91.7 Å². The summed E-state index contributed by atoms with van der Waals surface area (Å²) in [4.78, 5) is 37.8. The van der Waals surface area contributed by atoms with Crippen LogP contribution in [0.4, 0.5) is 0 Å². The Balaban J connectivity index is 1.79. The second kappa shape index (κ2) is 5.71. The van der Waals surface area contributed by atoms with Gasteiger partial charge in [-0.25, -0.2) is 0 Å². The number of hydrogen-bond donors (Lipinski definition) is 2. The molecule has 0 aliphatic heterocycles. The Morgan fingerprint density at radius 2 is 2.00 bits per heavy atom. The Bertz CT molecular complexity index is 795. The number of aliphatic hydroxyl groups is 2. The molecule has 0 aromatic heterocycles. The van der Waals surface area contributed by atoms with Crippen molar-refractivity contribution in [2.75, 3.05) is 6.61 Å². The molecule has 4 aliphatic carbocycles. The van der Waals surface area contributed by atoms with Crippen LogP contribution < -0.4 is 0 Å². The predicted molar refractivity (Wildman–Crippen MR) is 98.6 cm³/mol. The first kappa shape index (κ1) is 18.8. The monoisotopic (exact) mass is 372 g/mol. The van der Waals surface area contributed by atoms with Crippen molar-refractivity contribution in [2.24, 2.45) is 34.5 Å². The summed E-state index contributed by atoms with van der Waals surface area (Å²) in [5.74, 6) is -0.947. The number of ketones is 3. The van der Waals surface area contributed by atoms with E-state index in [2.05, 4.69) is 0 Å². The van der Waals surface area contributed by atoms with Gasteiger partial charge in [-0.05, 0) is 49.2 Å². The van der Waals surface area contributed by atoms with Crippen molar-refractivity contribution in [1.29, 1.82) is 0 Å². The van der Waals surface area contributed by atoms with Crippen LogP contribution in [0.5, 0.6) is 0 Å². The highest BCUT2D eigenvalue weighted by atomic mass is 16.3. The molecule has 0 aromatic carbocycles. The first-order valence-corrected chi connectivity index (χ1v) is 9.93. The lowest BCUT2D eigenvalue weighted by atomic mass is 9.46. The fraction of sp³-hybridized carbons (Fsp3) is 0.682. The molecule has 0 saturated heterocycles. The largest absolute Gasteiger partial charge is 0.388 e. The van der Waals surface area contributed by atoms with Gasteiger partial charge in [0.05, 0.1) is 0 Å². The zero-order valence-electron chi connectivity index (χ0n) is 16.2. The van der Waals surface area contributed by atoms with Crippen LogP contribution in [0.3, 0.4) is 0 Å². The summed E-state index contributed by atoms with van der Waals surface area (Å²) < 4.78 is 0. The van der Waals surface area contributed by atoms with E-state index in [1.807, 2.05) is 26.8 Å². The molecule has 4 rings (SSSR count). The molecule has 3 saturated carbocycles. The molecule has 5 heteroatoms. The normalized spacial score (nSPS) is 48.6. The number of hydrogen-bond acceptors (Lipinski definition) is 5. The van der Waals surface area contributed by atoms with Gasteiger partial charge in [0, 0.05) is 23.2 Å². The minimum Gasteiger partial charge on any atom is -0.388 e. The van der Waals surface area contributed by atoms with E-state index in [1.54, 1.807) is 12.2 Å². The van der Waals surface area contributed by atoms with Crippen LogP contribution >= 0.6 is 0 Å². The standard InChI is InChI=1S/C22H28O5/c1-12-8-16-15-5-4-13-9-14(24)6-7-20(13,2)19(15)17(25)10-21(16,3)22(12,27)18(26)11-23/h6-7,9,12,15-16,19,23,27H,4-5,8,10-11H2,1-3H3/t12-,15-,16-,19+,20+,21-,22-/m1/s1. The average molecular weight is 372 g/mol. The molecule has 0 unspecified atom stereocenters. The summed E-state index contributed by atoms with van der Waals surface area (Å²) in [5, 5.41) is 20.8. The molecular weight excluding hydrogens is 344 g/mol. The molecule has 0 bridgehead atoms. The van der Waals surface area contributed by atoms with Gasteiger partial charge >= 0.3 is 0 Å². The number of Topliss-reactive ketones (excluding diaryl/α,β-unsaturated/α-hetero) is 2. The lowest BCUT2D eigenvalue weighted by molar-refractivity contribution is -0.173. The van der Waals surface area contributed by atoms with Gasteiger partial charge in [-0.3, -0.25) is 14.4 Å². The van der Waals surface area contributed by atoms with Crippen molar-refractivity contribution < 1.29 is 24.6 Å². The summed E-state index contributed by atoms with van der Waals surface area (Å²) in [5.41, 5.74) is -1.94. The summed E-state index contributed by atoms with van der Waals surface area (Å²) in [6.07, 6.45) is 7.49. The Morgan fingerprint density at radius 1 is 1.30 bits per heavy atom. The molecule has 0 amide bonds. The van der Waals surface area contributed by atoms with Crippen molar-refractivity contribution in [2.45, 2.75) is 52.1 Å². The van der Waals surface area contributed by atoms with Gasteiger partial charge in [-0.1, -0.05) is 32.4 Å². The van der Waals surface area contributed by atoms with Crippen LogP contribution in [-0.2, 0) is 14.4 Å². The van der Waals surface area contributed by atoms with E-state index in [0.29, 0.717) is 6.42 Å². The fourth-order valence-electron chi connectivity index (χ4n) is 7.08. The van der Waals surface area contributed by atoms with E-state index in [-0.39, 0.29) is 41.7 Å². The van der Waals surface area contributed by atoms with Crippen molar-refractivity contribution in [3.05, 3.63) is 23.8 Å². The lowest BCUT2D eigenvalue weighted by Gasteiger charge is -2.56. The van der Waals surface area contributed by atoms with E-state index in [1.165, 1.54) is 0 Å². The number of allylic oxidation sites excluding steroid dienone is 4. The Hall–Kier alpha value is -1.59. The molecule has 0 spiro atoms. The summed E-state index contributed by atoms with van der Waals surface area (Å²) in [6.45, 7) is 5.05.